The minimum atomic E-state index is -0.765. The van der Waals surface area contributed by atoms with Gasteiger partial charge in [0.1, 0.15) is 12.7 Å². The Kier molecular flexibility index (Phi) is 3.57. The first-order valence-electron chi connectivity index (χ1n) is 6.67. The van der Waals surface area contributed by atoms with Crippen molar-refractivity contribution in [2.45, 2.75) is 38.4 Å². The van der Waals surface area contributed by atoms with Crippen molar-refractivity contribution < 1.29 is 28.5 Å². The molecule has 1 aromatic rings. The van der Waals surface area contributed by atoms with Crippen LogP contribution in [0.15, 0.2) is 17.1 Å². The van der Waals surface area contributed by atoms with Gasteiger partial charge in [0.25, 0.3) is 5.56 Å². The Morgan fingerprint density at radius 1 is 1.36 bits per heavy atom. The SMILES string of the molecule is CC(=O)OCC1OC2C(Oc3nc(=O)ccn32)C1OC(C)=O. The average molecular weight is 310 g/mol. The van der Waals surface area contributed by atoms with Crippen LogP contribution < -0.4 is 10.3 Å². The second-order valence-electron chi connectivity index (χ2n) is 4.98. The maximum Gasteiger partial charge on any atom is 0.303 e. The van der Waals surface area contributed by atoms with Gasteiger partial charge in [0.2, 0.25) is 0 Å². The predicted octanol–water partition coefficient (Wildman–Crippen LogP) is -0.604. The molecule has 1 fully saturated rings. The zero-order valence-corrected chi connectivity index (χ0v) is 11.9. The Bertz CT molecular complexity index is 671. The summed E-state index contributed by atoms with van der Waals surface area (Å²) in [7, 11) is 0. The summed E-state index contributed by atoms with van der Waals surface area (Å²) in [4.78, 5) is 37.2. The lowest BCUT2D eigenvalue weighted by atomic mass is 10.1. The highest BCUT2D eigenvalue weighted by Gasteiger charge is 2.54. The highest BCUT2D eigenvalue weighted by atomic mass is 16.7. The Labute approximate surface area is 124 Å². The normalized spacial score (nSPS) is 28.5. The van der Waals surface area contributed by atoms with Gasteiger partial charge in [0, 0.05) is 26.1 Å². The Morgan fingerprint density at radius 3 is 2.82 bits per heavy atom. The first-order chi connectivity index (χ1) is 10.5. The summed E-state index contributed by atoms with van der Waals surface area (Å²) >= 11 is 0. The number of aromatic nitrogens is 2. The molecule has 0 aromatic carbocycles. The number of fused-ring (bicyclic) bond motifs is 3. The summed E-state index contributed by atoms with van der Waals surface area (Å²) in [5, 5.41) is 0. The number of carbonyl (C=O) groups is 2. The topological polar surface area (TPSA) is 106 Å². The third-order valence-electron chi connectivity index (χ3n) is 3.36. The lowest BCUT2D eigenvalue weighted by Crippen LogP contribution is -2.39. The molecule has 0 spiro atoms. The number of hydrogen-bond acceptors (Lipinski definition) is 8. The molecule has 22 heavy (non-hydrogen) atoms. The van der Waals surface area contributed by atoms with E-state index in [1.54, 1.807) is 0 Å². The molecule has 0 radical (unpaired) electrons. The molecule has 3 rings (SSSR count). The van der Waals surface area contributed by atoms with Crippen LogP contribution in [0.5, 0.6) is 6.01 Å². The van der Waals surface area contributed by atoms with Gasteiger partial charge in [-0.1, -0.05) is 0 Å². The van der Waals surface area contributed by atoms with Gasteiger partial charge in [-0.15, -0.1) is 0 Å². The van der Waals surface area contributed by atoms with Crippen LogP contribution in [0, 0.1) is 0 Å². The van der Waals surface area contributed by atoms with Crippen LogP contribution in [0.2, 0.25) is 0 Å². The summed E-state index contributed by atoms with van der Waals surface area (Å²) < 4.78 is 23.0. The van der Waals surface area contributed by atoms with E-state index in [2.05, 4.69) is 4.98 Å². The van der Waals surface area contributed by atoms with Crippen LogP contribution in [0.4, 0.5) is 0 Å². The van der Waals surface area contributed by atoms with Gasteiger partial charge < -0.3 is 18.9 Å². The van der Waals surface area contributed by atoms with Gasteiger partial charge in [-0.2, -0.15) is 4.98 Å². The standard InChI is InChI=1S/C13H14N2O7/c1-6(16)19-5-8-10(20-7(2)17)11-12(21-8)15-4-3-9(18)14-13(15)22-11/h3-4,8,10-12H,5H2,1-2H3. The smallest absolute Gasteiger partial charge is 0.303 e. The second-order valence-corrected chi connectivity index (χ2v) is 4.98. The van der Waals surface area contributed by atoms with Crippen LogP contribution in [-0.2, 0) is 23.8 Å². The second kappa shape index (κ2) is 5.41. The van der Waals surface area contributed by atoms with E-state index >= 15 is 0 Å². The lowest BCUT2D eigenvalue weighted by Gasteiger charge is -2.20. The van der Waals surface area contributed by atoms with Crippen molar-refractivity contribution in [3.8, 4) is 6.01 Å². The summed E-state index contributed by atoms with van der Waals surface area (Å²) in [5.74, 6) is -0.974. The van der Waals surface area contributed by atoms with E-state index in [-0.39, 0.29) is 12.6 Å². The summed E-state index contributed by atoms with van der Waals surface area (Å²) in [6, 6.07) is 1.38. The van der Waals surface area contributed by atoms with Crippen LogP contribution in [0.3, 0.4) is 0 Å². The first kappa shape index (κ1) is 14.5. The summed E-state index contributed by atoms with van der Waals surface area (Å²) in [5.41, 5.74) is -0.438. The van der Waals surface area contributed by atoms with E-state index in [0.717, 1.165) is 0 Å². The number of rotatable bonds is 3. The highest BCUT2D eigenvalue weighted by Crippen LogP contribution is 2.40. The fourth-order valence-corrected chi connectivity index (χ4v) is 2.52. The van der Waals surface area contributed by atoms with Gasteiger partial charge in [-0.25, -0.2) is 0 Å². The molecular formula is C13H14N2O7. The molecule has 4 unspecified atom stereocenters. The van der Waals surface area contributed by atoms with Crippen molar-refractivity contribution in [1.29, 1.82) is 0 Å². The molecule has 0 N–H and O–H groups in total. The summed E-state index contributed by atoms with van der Waals surface area (Å²) in [6.07, 6.45) is -1.19. The van der Waals surface area contributed by atoms with Gasteiger partial charge in [0.15, 0.2) is 18.4 Å². The average Bonchev–Trinajstić information content (AvgIpc) is 2.92. The Balaban J connectivity index is 1.84. The van der Waals surface area contributed by atoms with Crippen LogP contribution in [0.1, 0.15) is 20.1 Å². The number of carbonyl (C=O) groups excluding carboxylic acids is 2. The van der Waals surface area contributed by atoms with E-state index in [0.29, 0.717) is 0 Å². The Morgan fingerprint density at radius 2 is 2.14 bits per heavy atom. The maximum absolute atomic E-state index is 11.3. The molecular weight excluding hydrogens is 296 g/mol. The van der Waals surface area contributed by atoms with Crippen molar-refractivity contribution >= 4 is 11.9 Å². The highest BCUT2D eigenvalue weighted by molar-refractivity contribution is 5.66. The summed E-state index contributed by atoms with van der Waals surface area (Å²) in [6.45, 7) is 2.48. The monoisotopic (exact) mass is 310 g/mol. The van der Waals surface area contributed by atoms with Crippen molar-refractivity contribution in [2.75, 3.05) is 6.61 Å². The van der Waals surface area contributed by atoms with Crippen molar-refractivity contribution in [2.24, 2.45) is 0 Å². The molecule has 0 bridgehead atoms. The van der Waals surface area contributed by atoms with E-state index < -0.39 is 42.0 Å². The molecule has 1 saturated heterocycles. The van der Waals surface area contributed by atoms with Crippen LogP contribution in [-0.4, -0.2) is 46.4 Å². The molecule has 3 heterocycles. The van der Waals surface area contributed by atoms with Crippen molar-refractivity contribution in [3.63, 3.8) is 0 Å². The quantitative estimate of drug-likeness (QED) is 0.681. The van der Waals surface area contributed by atoms with Gasteiger partial charge in [-0.3, -0.25) is 19.0 Å². The van der Waals surface area contributed by atoms with E-state index in [9.17, 15) is 14.4 Å². The molecule has 118 valence electrons. The zero-order valence-electron chi connectivity index (χ0n) is 11.9. The van der Waals surface area contributed by atoms with Crippen LogP contribution in [0.25, 0.3) is 0 Å². The number of esters is 2. The zero-order chi connectivity index (χ0) is 15.9. The minimum absolute atomic E-state index is 0.0629. The number of hydrogen-bond donors (Lipinski definition) is 0. The fraction of sp³-hybridized carbons (Fsp3) is 0.538. The van der Waals surface area contributed by atoms with E-state index in [4.69, 9.17) is 18.9 Å². The number of nitrogens with zero attached hydrogens (tertiary/aromatic N) is 2. The molecule has 2 aliphatic rings. The third-order valence-corrected chi connectivity index (χ3v) is 3.36. The molecule has 9 heteroatoms. The van der Waals surface area contributed by atoms with Gasteiger partial charge in [-0.05, 0) is 0 Å². The lowest BCUT2D eigenvalue weighted by molar-refractivity contribution is -0.157. The predicted molar refractivity (Wildman–Crippen MR) is 69.0 cm³/mol. The Hall–Kier alpha value is -2.42. The van der Waals surface area contributed by atoms with Gasteiger partial charge in [0.05, 0.1) is 0 Å². The van der Waals surface area contributed by atoms with E-state index in [1.807, 2.05) is 0 Å². The first-order valence-corrected chi connectivity index (χ1v) is 6.67. The molecule has 0 aliphatic carbocycles. The largest absolute Gasteiger partial charge is 0.463 e. The number of ether oxygens (including phenoxy) is 4. The van der Waals surface area contributed by atoms with Gasteiger partial charge >= 0.3 is 17.9 Å². The van der Waals surface area contributed by atoms with Crippen molar-refractivity contribution in [1.82, 2.24) is 9.55 Å². The van der Waals surface area contributed by atoms with Crippen LogP contribution >= 0.6 is 0 Å². The molecule has 1 aromatic heterocycles. The van der Waals surface area contributed by atoms with Crippen molar-refractivity contribution in [3.05, 3.63) is 22.6 Å². The molecule has 0 amide bonds. The molecule has 4 atom stereocenters. The maximum atomic E-state index is 11.3. The van der Waals surface area contributed by atoms with E-state index in [1.165, 1.54) is 30.7 Å². The molecule has 2 aliphatic heterocycles. The fourth-order valence-electron chi connectivity index (χ4n) is 2.52. The minimum Gasteiger partial charge on any atom is -0.463 e. The molecule has 9 nitrogen and oxygen atoms in total. The third kappa shape index (κ3) is 2.54. The molecule has 0 saturated carbocycles.